The predicted octanol–water partition coefficient (Wildman–Crippen LogP) is 2.33. The zero-order chi connectivity index (χ0) is 25.0. The largest absolute Gasteiger partial charge is 0.495 e. The van der Waals surface area contributed by atoms with Crippen LogP contribution in [0.4, 0.5) is 5.69 Å². The quantitative estimate of drug-likeness (QED) is 0.520. The summed E-state index contributed by atoms with van der Waals surface area (Å²) in [5, 5.41) is 2.84. The Bertz CT molecular complexity index is 1340. The second-order valence-corrected chi connectivity index (χ2v) is 9.62. The predicted molar refractivity (Wildman–Crippen MR) is 130 cm³/mol. The summed E-state index contributed by atoms with van der Waals surface area (Å²) < 4.78 is 38.2. The first-order valence-corrected chi connectivity index (χ1v) is 12.3. The molecule has 3 aromatic carbocycles. The first kappa shape index (κ1) is 24.2. The van der Waals surface area contributed by atoms with Crippen LogP contribution >= 0.6 is 0 Å². The smallest absolute Gasteiger partial charge is 0.263 e. The Hall–Kier alpha value is -3.89. The van der Waals surface area contributed by atoms with E-state index in [-0.39, 0.29) is 28.7 Å². The third kappa shape index (κ3) is 5.13. The van der Waals surface area contributed by atoms with Crippen LogP contribution in [0.3, 0.4) is 0 Å². The number of sulfonamides is 1. The summed E-state index contributed by atoms with van der Waals surface area (Å²) in [4.78, 5) is 27.7. The SMILES string of the molecule is CNS(=O)(=O)c1cc(C(=O)N2C[C@@H](C(=O)NCc3ccccc3)Oc3ccccc32)ccc1OC. The molecule has 9 nitrogen and oxygen atoms in total. The molecule has 10 heteroatoms. The van der Waals surface area contributed by atoms with Crippen molar-refractivity contribution in [1.29, 1.82) is 0 Å². The lowest BCUT2D eigenvalue weighted by Gasteiger charge is -2.34. The molecule has 1 atom stereocenters. The third-order valence-electron chi connectivity index (χ3n) is 5.59. The highest BCUT2D eigenvalue weighted by molar-refractivity contribution is 7.89. The maximum Gasteiger partial charge on any atom is 0.263 e. The van der Waals surface area contributed by atoms with Gasteiger partial charge in [0, 0.05) is 12.1 Å². The number of benzene rings is 3. The average Bonchev–Trinajstić information content (AvgIpc) is 2.90. The molecule has 3 aromatic rings. The first-order valence-electron chi connectivity index (χ1n) is 10.8. The van der Waals surface area contributed by atoms with Gasteiger partial charge in [-0.3, -0.25) is 9.59 Å². The molecular formula is C25H25N3O6S. The Morgan fingerprint density at radius 1 is 1.06 bits per heavy atom. The van der Waals surface area contributed by atoms with E-state index in [0.29, 0.717) is 18.0 Å². The number of ether oxygens (including phenoxy) is 2. The van der Waals surface area contributed by atoms with Crippen LogP contribution in [0, 0.1) is 0 Å². The summed E-state index contributed by atoms with van der Waals surface area (Å²) in [5.41, 5.74) is 1.54. The van der Waals surface area contributed by atoms with Crippen LogP contribution in [-0.4, -0.2) is 47.0 Å². The van der Waals surface area contributed by atoms with Gasteiger partial charge in [0.05, 0.1) is 19.3 Å². The van der Waals surface area contributed by atoms with Gasteiger partial charge in [-0.1, -0.05) is 42.5 Å². The van der Waals surface area contributed by atoms with Gasteiger partial charge in [-0.15, -0.1) is 0 Å². The minimum Gasteiger partial charge on any atom is -0.495 e. The molecular weight excluding hydrogens is 470 g/mol. The van der Waals surface area contributed by atoms with Crippen molar-refractivity contribution in [3.8, 4) is 11.5 Å². The van der Waals surface area contributed by atoms with Gasteiger partial charge >= 0.3 is 0 Å². The standard InChI is InChI=1S/C25H25N3O6S/c1-26-35(31,32)23-14-18(12-13-21(23)33-2)25(30)28-16-22(34-20-11-7-6-10-19(20)28)24(29)27-15-17-8-4-3-5-9-17/h3-14,22,26H,15-16H2,1-2H3,(H,27,29)/t22-/m0/s1. The fourth-order valence-electron chi connectivity index (χ4n) is 3.75. The zero-order valence-electron chi connectivity index (χ0n) is 19.2. The molecule has 1 aliphatic heterocycles. The van der Waals surface area contributed by atoms with E-state index < -0.39 is 22.0 Å². The van der Waals surface area contributed by atoms with E-state index in [1.54, 1.807) is 24.3 Å². The van der Waals surface area contributed by atoms with E-state index in [4.69, 9.17) is 9.47 Å². The van der Waals surface area contributed by atoms with Crippen LogP contribution in [0.15, 0.2) is 77.7 Å². The summed E-state index contributed by atoms with van der Waals surface area (Å²) >= 11 is 0. The summed E-state index contributed by atoms with van der Waals surface area (Å²) in [7, 11) is -1.25. The maximum absolute atomic E-state index is 13.6. The van der Waals surface area contributed by atoms with Crippen LogP contribution in [0.1, 0.15) is 15.9 Å². The van der Waals surface area contributed by atoms with E-state index in [9.17, 15) is 18.0 Å². The molecule has 0 aromatic heterocycles. The van der Waals surface area contributed by atoms with Gasteiger partial charge in [-0.2, -0.15) is 0 Å². The first-order chi connectivity index (χ1) is 16.8. The number of methoxy groups -OCH3 is 1. The minimum absolute atomic E-state index is 0.0450. The van der Waals surface area contributed by atoms with Crippen molar-refractivity contribution in [2.24, 2.45) is 0 Å². The van der Waals surface area contributed by atoms with Gasteiger partial charge in [-0.25, -0.2) is 13.1 Å². The van der Waals surface area contributed by atoms with E-state index in [2.05, 4.69) is 10.0 Å². The van der Waals surface area contributed by atoms with Crippen LogP contribution in [-0.2, 0) is 21.4 Å². The lowest BCUT2D eigenvalue weighted by molar-refractivity contribution is -0.128. The van der Waals surface area contributed by atoms with Gasteiger partial charge in [0.25, 0.3) is 11.8 Å². The summed E-state index contributed by atoms with van der Waals surface area (Å²) in [5.74, 6) is -0.355. The Morgan fingerprint density at radius 3 is 2.49 bits per heavy atom. The second kappa shape index (κ2) is 10.2. The monoisotopic (exact) mass is 495 g/mol. The number of nitrogens with zero attached hydrogens (tertiary/aromatic N) is 1. The van der Waals surface area contributed by atoms with Crippen molar-refractivity contribution in [3.05, 3.63) is 83.9 Å². The van der Waals surface area contributed by atoms with Crippen molar-refractivity contribution < 1.29 is 27.5 Å². The van der Waals surface area contributed by atoms with E-state index in [0.717, 1.165) is 5.56 Å². The number of para-hydroxylation sites is 2. The van der Waals surface area contributed by atoms with Gasteiger partial charge in [0.2, 0.25) is 10.0 Å². The molecule has 2 N–H and O–H groups in total. The molecule has 1 aliphatic rings. The number of nitrogens with one attached hydrogen (secondary N) is 2. The van der Waals surface area contributed by atoms with Gasteiger partial charge in [0.1, 0.15) is 16.4 Å². The molecule has 182 valence electrons. The van der Waals surface area contributed by atoms with Crippen LogP contribution in [0.5, 0.6) is 11.5 Å². The van der Waals surface area contributed by atoms with Crippen molar-refractivity contribution in [3.63, 3.8) is 0 Å². The van der Waals surface area contributed by atoms with Crippen LogP contribution in [0.25, 0.3) is 0 Å². The maximum atomic E-state index is 13.6. The normalized spacial score (nSPS) is 15.0. The van der Waals surface area contributed by atoms with Crippen molar-refractivity contribution >= 4 is 27.5 Å². The van der Waals surface area contributed by atoms with E-state index in [1.807, 2.05) is 30.3 Å². The zero-order valence-corrected chi connectivity index (χ0v) is 20.0. The Balaban J connectivity index is 1.62. The van der Waals surface area contributed by atoms with Crippen molar-refractivity contribution in [2.75, 3.05) is 25.6 Å². The highest BCUT2D eigenvalue weighted by atomic mass is 32.2. The van der Waals surface area contributed by atoms with E-state index in [1.165, 1.54) is 37.3 Å². The van der Waals surface area contributed by atoms with Crippen molar-refractivity contribution in [2.45, 2.75) is 17.5 Å². The summed E-state index contributed by atoms with van der Waals surface area (Å²) in [6.45, 7) is 0.273. The number of rotatable bonds is 7. The molecule has 4 rings (SSSR count). The molecule has 1 heterocycles. The fraction of sp³-hybridized carbons (Fsp3) is 0.200. The second-order valence-electron chi connectivity index (χ2n) is 7.77. The number of amides is 2. The highest BCUT2D eigenvalue weighted by Gasteiger charge is 2.34. The summed E-state index contributed by atoms with van der Waals surface area (Å²) in [6.07, 6.45) is -0.948. The minimum atomic E-state index is -3.88. The molecule has 0 spiro atoms. The van der Waals surface area contributed by atoms with Crippen molar-refractivity contribution in [1.82, 2.24) is 10.0 Å². The van der Waals surface area contributed by atoms with Gasteiger partial charge in [-0.05, 0) is 42.9 Å². The van der Waals surface area contributed by atoms with E-state index >= 15 is 0 Å². The number of hydrogen-bond acceptors (Lipinski definition) is 6. The molecule has 2 amide bonds. The van der Waals surface area contributed by atoms with Gasteiger partial charge in [0.15, 0.2) is 6.10 Å². The lowest BCUT2D eigenvalue weighted by atomic mass is 10.1. The summed E-state index contributed by atoms with van der Waals surface area (Å²) in [6, 6.07) is 20.5. The highest BCUT2D eigenvalue weighted by Crippen LogP contribution is 2.35. The molecule has 0 fully saturated rings. The van der Waals surface area contributed by atoms with Crippen LogP contribution in [0.2, 0.25) is 0 Å². The fourth-order valence-corrected chi connectivity index (χ4v) is 4.67. The van der Waals surface area contributed by atoms with Gasteiger partial charge < -0.3 is 19.7 Å². The number of fused-ring (bicyclic) bond motifs is 1. The number of carbonyl (C=O) groups excluding carboxylic acids is 2. The lowest BCUT2D eigenvalue weighted by Crippen LogP contribution is -2.50. The molecule has 0 saturated heterocycles. The molecule has 0 radical (unpaired) electrons. The Kier molecular flexibility index (Phi) is 7.04. The Morgan fingerprint density at radius 2 is 1.77 bits per heavy atom. The van der Waals surface area contributed by atoms with Crippen LogP contribution < -0.4 is 24.4 Å². The topological polar surface area (TPSA) is 114 Å². The molecule has 35 heavy (non-hydrogen) atoms. The average molecular weight is 496 g/mol. The number of carbonyl (C=O) groups is 2. The molecule has 0 aliphatic carbocycles. The third-order valence-corrected chi connectivity index (χ3v) is 7.03. The Labute approximate surface area is 203 Å². The number of hydrogen-bond donors (Lipinski definition) is 2. The molecule has 0 bridgehead atoms. The molecule has 0 unspecified atom stereocenters. The molecule has 0 saturated carbocycles. The number of anilines is 1.